The molecule has 12 heteroatoms. The molecule has 1 aliphatic carbocycles. The van der Waals surface area contributed by atoms with Crippen molar-refractivity contribution in [3.8, 4) is 11.1 Å². The molecule has 1 N–H and O–H groups in total. The van der Waals surface area contributed by atoms with Crippen molar-refractivity contribution < 1.29 is 18.1 Å². The molecule has 0 atom stereocenters. The van der Waals surface area contributed by atoms with E-state index in [1.54, 1.807) is 12.1 Å². The number of nitrogens with one attached hydrogen (secondary N) is 1. The third-order valence-electron chi connectivity index (χ3n) is 9.73. The fourth-order valence-corrected chi connectivity index (χ4v) is 8.09. The number of benzene rings is 4. The van der Waals surface area contributed by atoms with E-state index in [-0.39, 0.29) is 16.1 Å². The first-order chi connectivity index (χ1) is 25.1. The molecular weight excluding hydrogens is 698 g/mol. The number of hydrogen-bond acceptors (Lipinski definition) is 8. The Morgan fingerprint density at radius 1 is 0.942 bits per heavy atom. The SMILES string of the molecule is CCCN(CC1=CCCCC1)c1ccc(S(=O)(=O)NC(=O)c2ccc(N3CCN(Cc4ccccc4-c4ccc(Cl)cc4)CC3)cc2)cc1[N+](=O)[O-]. The first-order valence-electron chi connectivity index (χ1n) is 17.8. The summed E-state index contributed by atoms with van der Waals surface area (Å²) in [5.74, 6) is -0.806. The van der Waals surface area contributed by atoms with Crippen LogP contribution < -0.4 is 14.5 Å². The number of sulfonamides is 1. The number of anilines is 2. The summed E-state index contributed by atoms with van der Waals surface area (Å²) in [6.45, 7) is 7.27. The zero-order valence-corrected chi connectivity index (χ0v) is 30.9. The lowest BCUT2D eigenvalue weighted by Gasteiger charge is -2.36. The van der Waals surface area contributed by atoms with Crippen molar-refractivity contribution in [3.63, 3.8) is 0 Å². The Morgan fingerprint density at radius 2 is 1.67 bits per heavy atom. The Kier molecular flexibility index (Phi) is 11.9. The third kappa shape index (κ3) is 9.01. The predicted octanol–water partition coefficient (Wildman–Crippen LogP) is 8.07. The number of nitrogens with zero attached hydrogens (tertiary/aromatic N) is 4. The van der Waals surface area contributed by atoms with Gasteiger partial charge >= 0.3 is 0 Å². The van der Waals surface area contributed by atoms with Gasteiger partial charge in [0.25, 0.3) is 21.6 Å². The molecule has 0 radical (unpaired) electrons. The highest BCUT2D eigenvalue weighted by atomic mass is 35.5. The minimum absolute atomic E-state index is 0.172. The average Bonchev–Trinajstić information content (AvgIpc) is 3.15. The summed E-state index contributed by atoms with van der Waals surface area (Å²) < 4.78 is 28.7. The van der Waals surface area contributed by atoms with Gasteiger partial charge in [0.15, 0.2) is 0 Å². The fraction of sp³-hybridized carbons (Fsp3) is 0.325. The summed E-state index contributed by atoms with van der Waals surface area (Å²) in [7, 11) is -4.39. The van der Waals surface area contributed by atoms with Gasteiger partial charge in [-0.2, -0.15) is 0 Å². The number of hydrogen-bond donors (Lipinski definition) is 1. The van der Waals surface area contributed by atoms with E-state index >= 15 is 0 Å². The monoisotopic (exact) mass is 741 g/mol. The van der Waals surface area contributed by atoms with Crippen molar-refractivity contribution in [1.29, 1.82) is 0 Å². The molecule has 272 valence electrons. The van der Waals surface area contributed by atoms with Crippen LogP contribution in [0, 0.1) is 10.1 Å². The van der Waals surface area contributed by atoms with E-state index in [9.17, 15) is 23.3 Å². The van der Waals surface area contributed by atoms with E-state index in [1.807, 2.05) is 54.3 Å². The Balaban J connectivity index is 1.07. The molecule has 1 saturated heterocycles. The number of rotatable bonds is 13. The standard InChI is InChI=1S/C40H44ClN5O5S/c1-2-22-45(28-30-8-4-3-5-9-30)38-21-20-36(27-39(38)46(48)49)52(50,51)42-40(47)32-14-18-35(19-15-32)44-25-23-43(24-26-44)29-33-10-6-7-11-37(33)31-12-16-34(41)17-13-31/h6-8,10-21,27H,2-5,9,22-26,28-29H2,1H3,(H,42,47). The van der Waals surface area contributed by atoms with Gasteiger partial charge < -0.3 is 9.80 Å². The van der Waals surface area contributed by atoms with Crippen LogP contribution >= 0.6 is 11.6 Å². The number of halogens is 1. The van der Waals surface area contributed by atoms with Gasteiger partial charge in [-0.15, -0.1) is 0 Å². The molecule has 4 aromatic rings. The molecule has 6 rings (SSSR count). The Labute approximate surface area is 310 Å². The Morgan fingerprint density at radius 3 is 2.35 bits per heavy atom. The highest BCUT2D eigenvalue weighted by Gasteiger charge is 2.27. The zero-order valence-electron chi connectivity index (χ0n) is 29.3. The van der Waals surface area contributed by atoms with Gasteiger partial charge in [-0.25, -0.2) is 13.1 Å². The van der Waals surface area contributed by atoms with Crippen LogP contribution in [0.4, 0.5) is 17.1 Å². The summed E-state index contributed by atoms with van der Waals surface area (Å²) in [5, 5.41) is 12.9. The Bertz CT molecular complexity index is 2030. The first-order valence-corrected chi connectivity index (χ1v) is 19.7. The maximum atomic E-state index is 13.3. The number of nitro benzene ring substituents is 1. The van der Waals surface area contributed by atoms with Crippen LogP contribution in [-0.4, -0.2) is 63.4 Å². The van der Waals surface area contributed by atoms with Gasteiger partial charge in [0.05, 0.1) is 9.82 Å². The second-order valence-electron chi connectivity index (χ2n) is 13.3. The lowest BCUT2D eigenvalue weighted by molar-refractivity contribution is -0.384. The van der Waals surface area contributed by atoms with Crippen LogP contribution in [0.3, 0.4) is 0 Å². The maximum Gasteiger partial charge on any atom is 0.293 e. The smallest absolute Gasteiger partial charge is 0.293 e. The predicted molar refractivity (Wildman–Crippen MR) is 208 cm³/mol. The van der Waals surface area contributed by atoms with Gasteiger partial charge in [-0.05, 0) is 97.3 Å². The van der Waals surface area contributed by atoms with Gasteiger partial charge in [0.2, 0.25) is 0 Å². The van der Waals surface area contributed by atoms with Crippen LogP contribution in [0.15, 0.2) is 108 Å². The summed E-state index contributed by atoms with van der Waals surface area (Å²) in [6.07, 6.45) is 7.15. The molecule has 4 aromatic carbocycles. The highest BCUT2D eigenvalue weighted by Crippen LogP contribution is 2.33. The number of allylic oxidation sites excluding steroid dienone is 1. The molecule has 1 fully saturated rings. The van der Waals surface area contributed by atoms with E-state index in [0.29, 0.717) is 23.8 Å². The molecule has 0 bridgehead atoms. The summed E-state index contributed by atoms with van der Waals surface area (Å²) in [5.41, 5.74) is 5.97. The zero-order chi connectivity index (χ0) is 36.7. The van der Waals surface area contributed by atoms with Crippen LogP contribution in [0.1, 0.15) is 54.9 Å². The van der Waals surface area contributed by atoms with Gasteiger partial charge in [0, 0.05) is 68.2 Å². The summed E-state index contributed by atoms with van der Waals surface area (Å²) in [4.78, 5) is 31.0. The van der Waals surface area contributed by atoms with Crippen molar-refractivity contribution in [2.24, 2.45) is 0 Å². The second kappa shape index (κ2) is 16.8. The molecular formula is C40H44ClN5O5S. The van der Waals surface area contributed by atoms with Crippen molar-refractivity contribution in [1.82, 2.24) is 9.62 Å². The van der Waals surface area contributed by atoms with Crippen molar-refractivity contribution in [2.45, 2.75) is 50.5 Å². The average molecular weight is 742 g/mol. The highest BCUT2D eigenvalue weighted by molar-refractivity contribution is 7.90. The molecule has 1 aliphatic heterocycles. The van der Waals surface area contributed by atoms with Crippen molar-refractivity contribution in [2.75, 3.05) is 49.1 Å². The molecule has 0 unspecified atom stereocenters. The van der Waals surface area contributed by atoms with Gasteiger partial charge in [-0.1, -0.05) is 66.6 Å². The molecule has 1 amide bonds. The summed E-state index contributed by atoms with van der Waals surface area (Å²) in [6, 6.07) is 27.0. The van der Waals surface area contributed by atoms with Crippen LogP contribution in [0.25, 0.3) is 11.1 Å². The molecule has 0 saturated carbocycles. The molecule has 52 heavy (non-hydrogen) atoms. The Hall–Kier alpha value is -4.71. The van der Waals surface area contributed by atoms with E-state index < -0.39 is 20.9 Å². The fourth-order valence-electron chi connectivity index (χ4n) is 6.97. The first kappa shape index (κ1) is 37.1. The minimum Gasteiger partial charge on any atom is -0.369 e. The number of carbonyl (C=O) groups is 1. The number of amides is 1. The number of nitro groups is 1. The molecule has 2 aliphatic rings. The normalized spacial score (nSPS) is 15.2. The van der Waals surface area contributed by atoms with E-state index in [0.717, 1.165) is 82.1 Å². The van der Waals surface area contributed by atoms with E-state index in [2.05, 4.69) is 38.8 Å². The lowest BCUT2D eigenvalue weighted by atomic mass is 9.99. The van der Waals surface area contributed by atoms with Crippen LogP contribution in [-0.2, 0) is 16.6 Å². The summed E-state index contributed by atoms with van der Waals surface area (Å²) >= 11 is 6.11. The van der Waals surface area contributed by atoms with Gasteiger partial charge in [0.1, 0.15) is 5.69 Å². The van der Waals surface area contributed by atoms with E-state index in [1.165, 1.54) is 28.8 Å². The van der Waals surface area contributed by atoms with Gasteiger partial charge in [-0.3, -0.25) is 19.8 Å². The third-order valence-corrected chi connectivity index (χ3v) is 11.3. The van der Waals surface area contributed by atoms with Crippen LogP contribution in [0.5, 0.6) is 0 Å². The topological polar surface area (TPSA) is 116 Å². The number of piperazine rings is 1. The number of carbonyl (C=O) groups excluding carboxylic acids is 1. The lowest BCUT2D eigenvalue weighted by Crippen LogP contribution is -2.46. The van der Waals surface area contributed by atoms with Crippen molar-refractivity contribution >= 4 is 44.6 Å². The van der Waals surface area contributed by atoms with Crippen molar-refractivity contribution in [3.05, 3.63) is 129 Å². The molecule has 0 aromatic heterocycles. The molecule has 0 spiro atoms. The quantitative estimate of drug-likeness (QED) is 0.0831. The van der Waals surface area contributed by atoms with Crippen LogP contribution in [0.2, 0.25) is 5.02 Å². The second-order valence-corrected chi connectivity index (χ2v) is 15.5. The molecule has 10 nitrogen and oxygen atoms in total. The van der Waals surface area contributed by atoms with E-state index in [4.69, 9.17) is 11.6 Å². The largest absolute Gasteiger partial charge is 0.369 e. The molecule has 1 heterocycles. The maximum absolute atomic E-state index is 13.3. The minimum atomic E-state index is -4.39.